The lowest BCUT2D eigenvalue weighted by Gasteiger charge is -2.45. The van der Waals surface area contributed by atoms with Crippen LogP contribution in [0, 0.1) is 0 Å². The molecule has 1 saturated carbocycles. The van der Waals surface area contributed by atoms with Gasteiger partial charge in [-0.1, -0.05) is 44.2 Å². The predicted octanol–water partition coefficient (Wildman–Crippen LogP) is 5.58. The van der Waals surface area contributed by atoms with E-state index in [0.717, 1.165) is 23.9 Å². The molecule has 2 bridgehead atoms. The molecule has 37 heavy (non-hydrogen) atoms. The summed E-state index contributed by atoms with van der Waals surface area (Å²) in [6.45, 7) is 0.194. The Morgan fingerprint density at radius 2 is 1.62 bits per heavy atom. The van der Waals surface area contributed by atoms with Crippen LogP contribution >= 0.6 is 0 Å². The molecular formula is C29H36N4O4. The number of nitrogens with zero attached hydrogens (tertiary/aromatic N) is 3. The third-order valence-electron chi connectivity index (χ3n) is 8.72. The van der Waals surface area contributed by atoms with Crippen molar-refractivity contribution < 1.29 is 14.3 Å². The standard InChI is InChI=1S/C29H36N4O4/c34-28-27(30-18-23-14-15-26(37-23)29(35)36)31-24-10-6-7-11-25(24)33(28)22-16-20-12-13-21(17-22)32(20)19-8-4-2-1-3-5-9-19/h6-7,10-11,14-15,19-22H,1-5,8-9,12-13,16-18H2,(H,30,31)(H,35,36)/t20-,21+,22?. The molecule has 196 valence electrons. The normalized spacial score (nSPS) is 25.1. The van der Waals surface area contributed by atoms with Crippen LogP contribution < -0.4 is 10.9 Å². The zero-order valence-corrected chi connectivity index (χ0v) is 21.3. The van der Waals surface area contributed by atoms with E-state index >= 15 is 0 Å². The van der Waals surface area contributed by atoms with Crippen molar-refractivity contribution in [3.63, 3.8) is 0 Å². The summed E-state index contributed by atoms with van der Waals surface area (Å²) in [5.74, 6) is -0.504. The van der Waals surface area contributed by atoms with Gasteiger partial charge >= 0.3 is 5.97 Å². The smallest absolute Gasteiger partial charge is 0.371 e. The van der Waals surface area contributed by atoms with Crippen LogP contribution in [0.2, 0.25) is 0 Å². The van der Waals surface area contributed by atoms with E-state index in [0.29, 0.717) is 23.9 Å². The summed E-state index contributed by atoms with van der Waals surface area (Å²) in [6.07, 6.45) is 13.9. The number of fused-ring (bicyclic) bond motifs is 3. The van der Waals surface area contributed by atoms with E-state index in [4.69, 9.17) is 9.52 Å². The van der Waals surface area contributed by atoms with Crippen molar-refractivity contribution in [3.8, 4) is 0 Å². The van der Waals surface area contributed by atoms with Crippen molar-refractivity contribution in [1.82, 2.24) is 14.5 Å². The molecule has 6 rings (SSSR count). The Morgan fingerprint density at radius 1 is 0.919 bits per heavy atom. The van der Waals surface area contributed by atoms with E-state index < -0.39 is 5.97 Å². The van der Waals surface area contributed by atoms with Gasteiger partial charge in [-0.3, -0.25) is 9.69 Å². The average Bonchev–Trinajstić information content (AvgIpc) is 3.45. The van der Waals surface area contributed by atoms with Crippen LogP contribution in [0.15, 0.2) is 45.6 Å². The van der Waals surface area contributed by atoms with Crippen molar-refractivity contribution in [3.05, 3.63) is 58.3 Å². The molecule has 2 N–H and O–H groups in total. The largest absolute Gasteiger partial charge is 0.475 e. The number of rotatable bonds is 6. The lowest BCUT2D eigenvalue weighted by molar-refractivity contribution is 0.0498. The fraction of sp³-hybridized carbons (Fsp3) is 0.552. The van der Waals surface area contributed by atoms with Crippen molar-refractivity contribution in [2.45, 2.75) is 101 Å². The first-order valence-corrected chi connectivity index (χ1v) is 13.9. The molecule has 1 unspecified atom stereocenters. The Bertz CT molecular complexity index is 1310. The number of anilines is 1. The number of piperidine rings is 1. The molecule has 0 amide bonds. The highest BCUT2D eigenvalue weighted by Gasteiger charge is 2.44. The summed E-state index contributed by atoms with van der Waals surface area (Å²) in [5, 5.41) is 12.2. The number of aromatic nitrogens is 2. The summed E-state index contributed by atoms with van der Waals surface area (Å²) >= 11 is 0. The van der Waals surface area contributed by atoms with Crippen molar-refractivity contribution >= 4 is 22.8 Å². The van der Waals surface area contributed by atoms with Gasteiger partial charge in [-0.25, -0.2) is 9.78 Å². The molecule has 0 spiro atoms. The highest BCUT2D eigenvalue weighted by molar-refractivity contribution is 5.84. The summed E-state index contributed by atoms with van der Waals surface area (Å²) in [7, 11) is 0. The fourth-order valence-electron chi connectivity index (χ4n) is 7.11. The molecule has 3 aliphatic rings. The second kappa shape index (κ2) is 10.3. The first kappa shape index (κ1) is 24.2. The molecule has 0 radical (unpaired) electrons. The monoisotopic (exact) mass is 504 g/mol. The second-order valence-electron chi connectivity index (χ2n) is 11.0. The number of para-hydroxylation sites is 2. The maximum atomic E-state index is 13.8. The second-order valence-corrected chi connectivity index (χ2v) is 11.0. The van der Waals surface area contributed by atoms with Gasteiger partial charge in [0.05, 0.1) is 17.6 Å². The van der Waals surface area contributed by atoms with E-state index in [1.165, 1.54) is 63.9 Å². The number of carbonyl (C=O) groups is 1. The molecule has 8 heteroatoms. The van der Waals surface area contributed by atoms with Gasteiger partial charge in [0.15, 0.2) is 5.82 Å². The van der Waals surface area contributed by atoms with Crippen molar-refractivity contribution in [2.75, 3.05) is 5.32 Å². The van der Waals surface area contributed by atoms with Crippen molar-refractivity contribution in [2.24, 2.45) is 0 Å². The molecule has 3 fully saturated rings. The number of hydrogen-bond donors (Lipinski definition) is 2. The maximum absolute atomic E-state index is 13.8. The van der Waals surface area contributed by atoms with Crippen LogP contribution in [0.25, 0.3) is 11.0 Å². The number of carboxylic acid groups (broad SMARTS) is 1. The summed E-state index contributed by atoms with van der Waals surface area (Å²) in [5.41, 5.74) is 1.55. The van der Waals surface area contributed by atoms with E-state index in [9.17, 15) is 9.59 Å². The Hall–Kier alpha value is -3.13. The zero-order valence-electron chi connectivity index (χ0n) is 21.3. The van der Waals surface area contributed by atoms with Gasteiger partial charge in [0, 0.05) is 24.2 Å². The lowest BCUT2D eigenvalue weighted by Crippen LogP contribution is -2.50. The third kappa shape index (κ3) is 4.79. The van der Waals surface area contributed by atoms with Gasteiger partial charge in [0.2, 0.25) is 5.76 Å². The highest BCUT2D eigenvalue weighted by Crippen LogP contribution is 2.44. The Kier molecular flexibility index (Phi) is 6.76. The van der Waals surface area contributed by atoms with Gasteiger partial charge < -0.3 is 19.4 Å². The Morgan fingerprint density at radius 3 is 2.32 bits per heavy atom. The number of carboxylic acids is 1. The van der Waals surface area contributed by atoms with E-state index in [1.54, 1.807) is 6.07 Å². The van der Waals surface area contributed by atoms with Crippen LogP contribution in [0.3, 0.4) is 0 Å². The summed E-state index contributed by atoms with van der Waals surface area (Å²) in [6, 6.07) is 12.8. The van der Waals surface area contributed by atoms with Gasteiger partial charge in [-0.05, 0) is 62.8 Å². The quantitative estimate of drug-likeness (QED) is 0.452. The number of hydrogen-bond acceptors (Lipinski definition) is 6. The zero-order chi connectivity index (χ0) is 25.4. The van der Waals surface area contributed by atoms with E-state index in [2.05, 4.69) is 15.2 Å². The van der Waals surface area contributed by atoms with Crippen LogP contribution in [0.1, 0.15) is 93.0 Å². The van der Waals surface area contributed by atoms with Gasteiger partial charge in [0.1, 0.15) is 5.76 Å². The molecule has 4 heterocycles. The number of furan rings is 1. The highest BCUT2D eigenvalue weighted by atomic mass is 16.4. The molecule has 2 aromatic heterocycles. The molecule has 1 aromatic carbocycles. The summed E-state index contributed by atoms with van der Waals surface area (Å²) in [4.78, 5) is 32.4. The fourth-order valence-corrected chi connectivity index (χ4v) is 7.11. The molecule has 3 atom stereocenters. The molecule has 1 aliphatic carbocycles. The van der Waals surface area contributed by atoms with Crippen LogP contribution in [-0.4, -0.2) is 43.7 Å². The topological polar surface area (TPSA) is 101 Å². The average molecular weight is 505 g/mol. The summed E-state index contributed by atoms with van der Waals surface area (Å²) < 4.78 is 7.34. The van der Waals surface area contributed by atoms with Crippen LogP contribution in [-0.2, 0) is 6.54 Å². The third-order valence-corrected chi connectivity index (χ3v) is 8.72. The van der Waals surface area contributed by atoms with Crippen molar-refractivity contribution in [1.29, 1.82) is 0 Å². The maximum Gasteiger partial charge on any atom is 0.371 e. The first-order valence-electron chi connectivity index (χ1n) is 13.9. The molecule has 2 aliphatic heterocycles. The molecular weight excluding hydrogens is 468 g/mol. The number of nitrogens with one attached hydrogen (secondary N) is 1. The number of benzene rings is 1. The molecule has 8 nitrogen and oxygen atoms in total. The molecule has 3 aromatic rings. The van der Waals surface area contributed by atoms with Crippen LogP contribution in [0.5, 0.6) is 0 Å². The van der Waals surface area contributed by atoms with Gasteiger partial charge in [0.25, 0.3) is 5.56 Å². The van der Waals surface area contributed by atoms with Gasteiger partial charge in [-0.2, -0.15) is 0 Å². The Labute approximate surface area is 216 Å². The van der Waals surface area contributed by atoms with Gasteiger partial charge in [-0.15, -0.1) is 0 Å². The minimum Gasteiger partial charge on any atom is -0.475 e. The first-order chi connectivity index (χ1) is 18.1. The minimum atomic E-state index is -1.11. The Balaban J connectivity index is 1.27. The lowest BCUT2D eigenvalue weighted by atomic mass is 9.89. The van der Waals surface area contributed by atoms with E-state index in [1.807, 2.05) is 28.8 Å². The molecule has 2 saturated heterocycles. The number of aromatic carboxylic acids is 1. The minimum absolute atomic E-state index is 0.118. The SMILES string of the molecule is O=C(O)c1ccc(CNc2nc3ccccc3n(C3C[C@H]4CC[C@@H](C3)N4C3CCCCCCC3)c2=O)o1. The van der Waals surface area contributed by atoms with E-state index in [-0.39, 0.29) is 29.7 Å². The van der Waals surface area contributed by atoms with Crippen LogP contribution in [0.4, 0.5) is 5.82 Å². The predicted molar refractivity (Wildman–Crippen MR) is 142 cm³/mol.